The van der Waals surface area contributed by atoms with E-state index in [2.05, 4.69) is 33.9 Å². The van der Waals surface area contributed by atoms with Crippen molar-refractivity contribution >= 4 is 25.2 Å². The molecule has 2 saturated heterocycles. The minimum absolute atomic E-state index is 0.0703. The van der Waals surface area contributed by atoms with Crippen LogP contribution >= 0.6 is 11.8 Å². The van der Waals surface area contributed by atoms with Crippen LogP contribution in [0.4, 0.5) is 0 Å². The van der Waals surface area contributed by atoms with Gasteiger partial charge in [-0.1, -0.05) is 32.5 Å². The van der Waals surface area contributed by atoms with Gasteiger partial charge in [0.1, 0.15) is 6.10 Å². The van der Waals surface area contributed by atoms with Gasteiger partial charge in [0.2, 0.25) is 0 Å². The van der Waals surface area contributed by atoms with Crippen LogP contribution in [0.25, 0.3) is 0 Å². The zero-order valence-corrected chi connectivity index (χ0v) is 16.7. The van der Waals surface area contributed by atoms with Crippen molar-refractivity contribution in [2.24, 2.45) is 0 Å². The largest absolute Gasteiger partial charge is 0.410 e. The van der Waals surface area contributed by atoms with Gasteiger partial charge >= 0.3 is 0 Å². The third-order valence-corrected chi connectivity index (χ3v) is 10.7. The molecular weight excluding hydrogens is 316 g/mol. The van der Waals surface area contributed by atoms with Gasteiger partial charge in [0.25, 0.3) is 0 Å². The van der Waals surface area contributed by atoms with Crippen LogP contribution in [0, 0.1) is 0 Å². The highest BCUT2D eigenvalue weighted by Crippen LogP contribution is 2.42. The van der Waals surface area contributed by atoms with Crippen LogP contribution in [0.3, 0.4) is 0 Å². The van der Waals surface area contributed by atoms with E-state index < -0.39 is 14.1 Å². The van der Waals surface area contributed by atoms with Crippen LogP contribution in [-0.2, 0) is 18.7 Å². The van der Waals surface area contributed by atoms with Crippen molar-refractivity contribution < 1.29 is 18.7 Å². The van der Waals surface area contributed by atoms with E-state index in [1.54, 1.807) is 0 Å². The summed E-state index contributed by atoms with van der Waals surface area (Å²) in [5.41, 5.74) is 0. The Labute approximate surface area is 139 Å². The highest BCUT2D eigenvalue weighted by atomic mass is 32.2. The van der Waals surface area contributed by atoms with Crippen molar-refractivity contribution in [2.75, 3.05) is 6.61 Å². The van der Waals surface area contributed by atoms with E-state index in [1.807, 2.05) is 13.8 Å². The van der Waals surface area contributed by atoms with Crippen molar-refractivity contribution in [1.82, 2.24) is 0 Å². The average Bonchev–Trinajstić information content (AvgIpc) is 2.91. The molecular formula is C16H30O4SSi. The second-order valence-electron chi connectivity index (χ2n) is 8.28. The number of ether oxygens (including phenoxy) is 2. The molecule has 0 aromatic rings. The fourth-order valence-electron chi connectivity index (χ4n) is 2.56. The molecule has 2 aliphatic rings. The average molecular weight is 347 g/mol. The van der Waals surface area contributed by atoms with Gasteiger partial charge in [-0.25, -0.2) is 0 Å². The number of hydrogen-bond acceptors (Lipinski definition) is 5. The molecule has 0 aromatic heterocycles. The first kappa shape index (κ1) is 18.5. The van der Waals surface area contributed by atoms with Crippen LogP contribution in [0.5, 0.6) is 0 Å². The second kappa shape index (κ2) is 6.20. The van der Waals surface area contributed by atoms with Crippen molar-refractivity contribution in [3.05, 3.63) is 0 Å². The van der Waals surface area contributed by atoms with E-state index in [-0.39, 0.29) is 27.6 Å². The standard InChI is InChI=1S/C16H30O4SSi/c1-15(2,3)22(6,7)20-14(12-8-9-13(17)21-12)11-10-18-16(4,5)19-11/h11-12,14H,8-10H2,1-7H3/t11-,12+,14-/m1/s1. The molecule has 3 atom stereocenters. The smallest absolute Gasteiger partial charge is 0.192 e. The van der Waals surface area contributed by atoms with Gasteiger partial charge in [-0.3, -0.25) is 4.79 Å². The third kappa shape index (κ3) is 4.14. The third-order valence-electron chi connectivity index (χ3n) is 4.92. The van der Waals surface area contributed by atoms with E-state index in [4.69, 9.17) is 13.9 Å². The van der Waals surface area contributed by atoms with Gasteiger partial charge in [0.05, 0.1) is 12.7 Å². The molecule has 0 saturated carbocycles. The molecule has 2 heterocycles. The summed E-state index contributed by atoms with van der Waals surface area (Å²) >= 11 is 1.43. The van der Waals surface area contributed by atoms with Gasteiger partial charge in [-0.05, 0) is 38.4 Å². The zero-order chi connectivity index (χ0) is 16.8. The Hall–Kier alpha value is 0.117. The summed E-state index contributed by atoms with van der Waals surface area (Å²) in [4.78, 5) is 11.7. The lowest BCUT2D eigenvalue weighted by molar-refractivity contribution is -0.149. The predicted molar refractivity (Wildman–Crippen MR) is 92.6 cm³/mol. The fourth-order valence-corrected chi connectivity index (χ4v) is 5.19. The Bertz CT molecular complexity index is 430. The van der Waals surface area contributed by atoms with Gasteiger partial charge in [0.15, 0.2) is 19.2 Å². The molecule has 4 nitrogen and oxygen atoms in total. The first-order valence-corrected chi connectivity index (χ1v) is 11.9. The molecule has 22 heavy (non-hydrogen) atoms. The van der Waals surface area contributed by atoms with Gasteiger partial charge in [-0.15, -0.1) is 0 Å². The van der Waals surface area contributed by atoms with Crippen molar-refractivity contribution in [1.29, 1.82) is 0 Å². The van der Waals surface area contributed by atoms with E-state index in [0.29, 0.717) is 13.0 Å². The van der Waals surface area contributed by atoms with Crippen molar-refractivity contribution in [2.45, 2.75) is 88.8 Å². The maximum absolute atomic E-state index is 11.7. The monoisotopic (exact) mass is 346 g/mol. The van der Waals surface area contributed by atoms with E-state index >= 15 is 0 Å². The molecule has 0 aliphatic carbocycles. The van der Waals surface area contributed by atoms with E-state index in [0.717, 1.165) is 6.42 Å². The van der Waals surface area contributed by atoms with Crippen molar-refractivity contribution in [3.8, 4) is 0 Å². The molecule has 0 unspecified atom stereocenters. The van der Waals surface area contributed by atoms with Gasteiger partial charge in [0, 0.05) is 11.7 Å². The number of hydrogen-bond donors (Lipinski definition) is 0. The first-order chi connectivity index (χ1) is 9.91. The maximum atomic E-state index is 11.7. The molecule has 0 aromatic carbocycles. The molecule has 0 radical (unpaired) electrons. The minimum atomic E-state index is -1.93. The number of rotatable bonds is 4. The SMILES string of the molecule is CC1(C)OC[C@H]([C@@H](O[Si](C)(C)C(C)(C)C)[C@@H]2CCC(=O)S2)O1. The minimum Gasteiger partial charge on any atom is -0.410 e. The normalized spacial score (nSPS) is 30.8. The molecule has 0 spiro atoms. The Morgan fingerprint density at radius 3 is 2.41 bits per heavy atom. The lowest BCUT2D eigenvalue weighted by Crippen LogP contribution is -2.51. The fraction of sp³-hybridized carbons (Fsp3) is 0.938. The first-order valence-electron chi connectivity index (χ1n) is 8.10. The Balaban J connectivity index is 2.17. The van der Waals surface area contributed by atoms with Crippen LogP contribution in [-0.4, -0.2) is 43.3 Å². The van der Waals surface area contributed by atoms with Gasteiger partial charge in [-0.2, -0.15) is 0 Å². The number of thioether (sulfide) groups is 1. The summed E-state index contributed by atoms with van der Waals surface area (Å²) in [6, 6.07) is 0. The van der Waals surface area contributed by atoms with Crippen LogP contribution in [0.1, 0.15) is 47.5 Å². The second-order valence-corrected chi connectivity index (χ2v) is 14.3. The quantitative estimate of drug-likeness (QED) is 0.721. The maximum Gasteiger partial charge on any atom is 0.192 e. The lowest BCUT2D eigenvalue weighted by atomic mass is 10.1. The topological polar surface area (TPSA) is 44.8 Å². The predicted octanol–water partition coefficient (Wildman–Crippen LogP) is 3.95. The lowest BCUT2D eigenvalue weighted by Gasteiger charge is -2.42. The molecule has 6 heteroatoms. The Kier molecular flexibility index (Phi) is 5.20. The summed E-state index contributed by atoms with van der Waals surface area (Å²) < 4.78 is 18.5. The summed E-state index contributed by atoms with van der Waals surface area (Å²) in [6.07, 6.45) is 1.36. The number of carbonyl (C=O) groups is 1. The summed E-state index contributed by atoms with van der Waals surface area (Å²) in [6.45, 7) is 15.6. The van der Waals surface area contributed by atoms with Crippen LogP contribution in [0.15, 0.2) is 0 Å². The summed E-state index contributed by atoms with van der Waals surface area (Å²) in [7, 11) is -1.93. The van der Waals surface area contributed by atoms with Crippen LogP contribution in [0.2, 0.25) is 18.1 Å². The zero-order valence-electron chi connectivity index (χ0n) is 14.9. The number of carbonyl (C=O) groups excluding carboxylic acids is 1. The summed E-state index contributed by atoms with van der Waals surface area (Å²) in [5.74, 6) is -0.563. The molecule has 2 fully saturated rings. The molecule has 2 aliphatic heterocycles. The highest BCUT2D eigenvalue weighted by molar-refractivity contribution is 8.14. The van der Waals surface area contributed by atoms with E-state index in [1.165, 1.54) is 11.8 Å². The molecule has 128 valence electrons. The van der Waals surface area contributed by atoms with E-state index in [9.17, 15) is 4.79 Å². The molecule has 2 rings (SSSR count). The molecule has 0 N–H and O–H groups in total. The van der Waals surface area contributed by atoms with Crippen LogP contribution < -0.4 is 0 Å². The molecule has 0 bridgehead atoms. The van der Waals surface area contributed by atoms with Gasteiger partial charge < -0.3 is 13.9 Å². The Morgan fingerprint density at radius 2 is 2.00 bits per heavy atom. The highest BCUT2D eigenvalue weighted by Gasteiger charge is 2.48. The molecule has 0 amide bonds. The van der Waals surface area contributed by atoms with Crippen molar-refractivity contribution in [3.63, 3.8) is 0 Å². The Morgan fingerprint density at radius 1 is 1.36 bits per heavy atom. The summed E-state index contributed by atoms with van der Waals surface area (Å²) in [5, 5.41) is 0.587.